The Bertz CT molecular complexity index is 1070. The number of hydrogen-bond acceptors (Lipinski definition) is 6. The number of amidine groups is 1. The number of ether oxygens (including phenoxy) is 1. The number of para-hydroxylation sites is 1. The highest BCUT2D eigenvalue weighted by atomic mass is 32.2. The van der Waals surface area contributed by atoms with Crippen LogP contribution in [0, 0.1) is 0 Å². The number of hydrogen-bond donors (Lipinski definition) is 0. The number of anilines is 1. The van der Waals surface area contributed by atoms with Gasteiger partial charge in [-0.25, -0.2) is 4.99 Å². The number of amides is 1. The molecule has 2 aliphatic heterocycles. The largest absolute Gasteiger partial charge is 0.497 e. The van der Waals surface area contributed by atoms with Crippen molar-refractivity contribution < 1.29 is 9.53 Å². The van der Waals surface area contributed by atoms with Crippen LogP contribution in [0.2, 0.25) is 0 Å². The third-order valence-electron chi connectivity index (χ3n) is 6.17. The van der Waals surface area contributed by atoms with Crippen LogP contribution in [0.3, 0.4) is 0 Å². The Morgan fingerprint density at radius 3 is 2.50 bits per heavy atom. The SMILES string of the molecule is CCN1C(=C2SC(=Nc3ccc(OC)cc3)N(C3CCCCC3)C2=O)Sc2ccccc21. The number of benzene rings is 2. The molecule has 5 nitrogen and oxygen atoms in total. The zero-order valence-corrected chi connectivity index (χ0v) is 20.0. The van der Waals surface area contributed by atoms with Crippen molar-refractivity contribution in [3.8, 4) is 5.75 Å². The molecule has 1 saturated carbocycles. The highest BCUT2D eigenvalue weighted by Crippen LogP contribution is 2.51. The monoisotopic (exact) mass is 465 g/mol. The van der Waals surface area contributed by atoms with Crippen LogP contribution in [0.25, 0.3) is 0 Å². The van der Waals surface area contributed by atoms with Crippen LogP contribution in [-0.4, -0.2) is 35.7 Å². The fourth-order valence-corrected chi connectivity index (χ4v) is 6.99. The number of carbonyl (C=O) groups excluding carboxylic acids is 1. The molecule has 0 N–H and O–H groups in total. The third kappa shape index (κ3) is 3.92. The minimum atomic E-state index is 0.0999. The van der Waals surface area contributed by atoms with Crippen molar-refractivity contribution in [2.45, 2.75) is 50.0 Å². The summed E-state index contributed by atoms with van der Waals surface area (Å²) >= 11 is 3.22. The van der Waals surface area contributed by atoms with E-state index in [2.05, 4.69) is 36.1 Å². The molecule has 2 heterocycles. The topological polar surface area (TPSA) is 45.1 Å². The smallest absolute Gasteiger partial charge is 0.269 e. The summed E-state index contributed by atoms with van der Waals surface area (Å²) in [6, 6.07) is 16.3. The Balaban J connectivity index is 1.55. The van der Waals surface area contributed by atoms with Gasteiger partial charge in [-0.1, -0.05) is 43.2 Å². The lowest BCUT2D eigenvalue weighted by molar-refractivity contribution is -0.124. The molecule has 2 fully saturated rings. The first-order chi connectivity index (χ1) is 15.7. The summed E-state index contributed by atoms with van der Waals surface area (Å²) in [6.07, 6.45) is 5.67. The molecule has 0 spiro atoms. The first kappa shape index (κ1) is 21.5. The lowest BCUT2D eigenvalue weighted by atomic mass is 9.94. The maximum absolute atomic E-state index is 13.8. The molecule has 1 aliphatic carbocycles. The fraction of sp³-hybridized carbons (Fsp3) is 0.360. The lowest BCUT2D eigenvalue weighted by Crippen LogP contribution is -2.40. The van der Waals surface area contributed by atoms with E-state index in [9.17, 15) is 4.79 Å². The molecular formula is C25H27N3O2S2. The van der Waals surface area contributed by atoms with Crippen molar-refractivity contribution in [2.75, 3.05) is 18.6 Å². The first-order valence-electron chi connectivity index (χ1n) is 11.2. The molecular weight excluding hydrogens is 438 g/mol. The summed E-state index contributed by atoms with van der Waals surface area (Å²) in [5, 5.41) is 1.83. The Kier molecular flexibility index (Phi) is 6.20. The van der Waals surface area contributed by atoms with Crippen LogP contribution in [0.5, 0.6) is 5.75 Å². The van der Waals surface area contributed by atoms with E-state index in [4.69, 9.17) is 9.73 Å². The number of nitrogens with zero attached hydrogens (tertiary/aromatic N) is 3. The Labute approximate surface area is 197 Å². The fourth-order valence-electron chi connectivity index (χ4n) is 4.54. The summed E-state index contributed by atoms with van der Waals surface area (Å²) in [5.74, 6) is 0.901. The predicted molar refractivity (Wildman–Crippen MR) is 134 cm³/mol. The van der Waals surface area contributed by atoms with Crippen LogP contribution in [0.4, 0.5) is 11.4 Å². The van der Waals surface area contributed by atoms with Gasteiger partial charge in [0.15, 0.2) is 5.17 Å². The van der Waals surface area contributed by atoms with Crippen molar-refractivity contribution in [3.05, 3.63) is 58.5 Å². The first-order valence-corrected chi connectivity index (χ1v) is 12.9. The number of methoxy groups -OCH3 is 1. The van der Waals surface area contributed by atoms with Crippen molar-refractivity contribution >= 4 is 46.0 Å². The number of thioether (sulfide) groups is 2. The van der Waals surface area contributed by atoms with Gasteiger partial charge < -0.3 is 9.64 Å². The molecule has 0 bridgehead atoms. The molecule has 1 saturated heterocycles. The normalized spacial score (nSPS) is 22.7. The number of rotatable bonds is 4. The molecule has 32 heavy (non-hydrogen) atoms. The molecule has 5 rings (SSSR count). The summed E-state index contributed by atoms with van der Waals surface area (Å²) in [5.41, 5.74) is 2.02. The highest BCUT2D eigenvalue weighted by molar-refractivity contribution is 8.19. The molecule has 2 aromatic carbocycles. The average Bonchev–Trinajstić information content (AvgIpc) is 3.37. The van der Waals surface area contributed by atoms with E-state index in [1.807, 2.05) is 29.2 Å². The highest BCUT2D eigenvalue weighted by Gasteiger charge is 2.42. The predicted octanol–water partition coefficient (Wildman–Crippen LogP) is 6.39. The molecule has 0 atom stereocenters. The van der Waals surface area contributed by atoms with E-state index >= 15 is 0 Å². The standard InChI is InChI=1S/C25H27N3O2S2/c1-3-27-20-11-7-8-12-21(20)31-24(27)22-23(29)28(18-9-5-4-6-10-18)25(32-22)26-17-13-15-19(30-2)16-14-17/h7-8,11-16,18H,3-6,9-10H2,1-2H3. The minimum Gasteiger partial charge on any atom is -0.497 e. The van der Waals surface area contributed by atoms with Crippen molar-refractivity contribution in [1.82, 2.24) is 4.90 Å². The zero-order chi connectivity index (χ0) is 22.1. The summed E-state index contributed by atoms with van der Waals surface area (Å²) in [6.45, 7) is 2.96. The van der Waals surface area contributed by atoms with E-state index < -0.39 is 0 Å². The summed E-state index contributed by atoms with van der Waals surface area (Å²) in [7, 11) is 1.66. The maximum atomic E-state index is 13.8. The van der Waals surface area contributed by atoms with Crippen molar-refractivity contribution in [2.24, 2.45) is 4.99 Å². The van der Waals surface area contributed by atoms with E-state index in [1.165, 1.54) is 41.6 Å². The van der Waals surface area contributed by atoms with Gasteiger partial charge in [0.2, 0.25) is 0 Å². The van der Waals surface area contributed by atoms with Gasteiger partial charge in [0, 0.05) is 17.5 Å². The molecule has 7 heteroatoms. The van der Waals surface area contributed by atoms with Gasteiger partial charge in [-0.15, -0.1) is 0 Å². The van der Waals surface area contributed by atoms with Gasteiger partial charge >= 0.3 is 0 Å². The van der Waals surface area contributed by atoms with Crippen LogP contribution >= 0.6 is 23.5 Å². The van der Waals surface area contributed by atoms with E-state index in [-0.39, 0.29) is 11.9 Å². The minimum absolute atomic E-state index is 0.0999. The van der Waals surface area contributed by atoms with Gasteiger partial charge in [-0.2, -0.15) is 0 Å². The summed E-state index contributed by atoms with van der Waals surface area (Å²) < 4.78 is 5.28. The zero-order valence-electron chi connectivity index (χ0n) is 18.4. The second-order valence-corrected chi connectivity index (χ2v) is 10.1. The Morgan fingerprint density at radius 2 is 1.78 bits per heavy atom. The van der Waals surface area contributed by atoms with Crippen molar-refractivity contribution in [1.29, 1.82) is 0 Å². The Morgan fingerprint density at radius 1 is 1.03 bits per heavy atom. The van der Waals surface area contributed by atoms with Gasteiger partial charge in [0.1, 0.15) is 15.7 Å². The number of fused-ring (bicyclic) bond motifs is 1. The molecule has 0 radical (unpaired) electrons. The molecule has 1 amide bonds. The summed E-state index contributed by atoms with van der Waals surface area (Å²) in [4.78, 5) is 25.0. The second-order valence-electron chi connectivity index (χ2n) is 8.11. The molecule has 0 unspecified atom stereocenters. The third-order valence-corrected chi connectivity index (χ3v) is 8.52. The van der Waals surface area contributed by atoms with Gasteiger partial charge in [-0.3, -0.25) is 9.69 Å². The second kappa shape index (κ2) is 9.24. The van der Waals surface area contributed by atoms with Gasteiger partial charge in [0.05, 0.1) is 18.5 Å². The van der Waals surface area contributed by atoms with Crippen LogP contribution in [0.1, 0.15) is 39.0 Å². The van der Waals surface area contributed by atoms with Gasteiger partial charge in [-0.05, 0) is 67.9 Å². The Hall–Kier alpha value is -2.38. The van der Waals surface area contributed by atoms with Crippen LogP contribution in [0.15, 0.2) is 68.4 Å². The van der Waals surface area contributed by atoms with Crippen LogP contribution in [-0.2, 0) is 4.79 Å². The molecule has 0 aromatic heterocycles. The van der Waals surface area contributed by atoms with Crippen molar-refractivity contribution in [3.63, 3.8) is 0 Å². The van der Waals surface area contributed by atoms with E-state index in [0.29, 0.717) is 0 Å². The van der Waals surface area contributed by atoms with Crippen LogP contribution < -0.4 is 9.64 Å². The maximum Gasteiger partial charge on any atom is 0.269 e. The van der Waals surface area contributed by atoms with E-state index in [0.717, 1.165) is 45.9 Å². The van der Waals surface area contributed by atoms with E-state index in [1.54, 1.807) is 18.9 Å². The molecule has 166 valence electrons. The average molecular weight is 466 g/mol. The number of aliphatic imine (C=N–C) groups is 1. The number of carbonyl (C=O) groups is 1. The quantitative estimate of drug-likeness (QED) is 0.490. The molecule has 2 aromatic rings. The lowest BCUT2D eigenvalue weighted by Gasteiger charge is -2.30. The van der Waals surface area contributed by atoms with Gasteiger partial charge in [0.25, 0.3) is 5.91 Å². The molecule has 3 aliphatic rings.